The normalized spacial score (nSPS) is 13.1. The molecule has 1 N–H and O–H groups in total. The molecule has 0 unspecified atom stereocenters. The van der Waals surface area contributed by atoms with Crippen LogP contribution in [0.3, 0.4) is 0 Å². The molecular weight excluding hydrogens is 412 g/mol. The molecule has 0 atom stereocenters. The van der Waals surface area contributed by atoms with E-state index in [0.717, 1.165) is 6.42 Å². The molecule has 1 aliphatic rings. The zero-order valence-electron chi connectivity index (χ0n) is 17.5. The van der Waals surface area contributed by atoms with E-state index in [4.69, 9.17) is 4.74 Å². The Morgan fingerprint density at radius 3 is 2.75 bits per heavy atom. The topological polar surface area (TPSA) is 120 Å². The smallest absolute Gasteiger partial charge is 0.274 e. The van der Waals surface area contributed by atoms with Crippen LogP contribution in [0.1, 0.15) is 27.3 Å². The van der Waals surface area contributed by atoms with Crippen molar-refractivity contribution in [1.82, 2.24) is 34.3 Å². The minimum atomic E-state index is -0.424. The summed E-state index contributed by atoms with van der Waals surface area (Å²) in [6.45, 7) is 1.39. The van der Waals surface area contributed by atoms with Gasteiger partial charge in [0.25, 0.3) is 11.8 Å². The summed E-state index contributed by atoms with van der Waals surface area (Å²) in [6.07, 6.45) is 4.10. The number of anilines is 1. The van der Waals surface area contributed by atoms with Crippen molar-refractivity contribution >= 4 is 23.1 Å². The standard InChI is InChI=1S/C21H20N8O3/c1-27-18(14(12-22-27)21(31)28-8-4-9-28)20(30)23-13-7-10-29-16(11-13)25-19(26-29)15-5-3-6-17(24-15)32-2/h3,5-7,10-12H,4,8-9H2,1-2H3,(H,23,30). The molecule has 5 rings (SSSR count). The first-order valence-corrected chi connectivity index (χ1v) is 10.0. The Kier molecular flexibility index (Phi) is 4.77. The van der Waals surface area contributed by atoms with E-state index in [0.29, 0.717) is 47.4 Å². The third-order valence-electron chi connectivity index (χ3n) is 5.28. The summed E-state index contributed by atoms with van der Waals surface area (Å²) in [5.41, 5.74) is 2.12. The zero-order valence-corrected chi connectivity index (χ0v) is 17.5. The lowest BCUT2D eigenvalue weighted by Crippen LogP contribution is -2.42. The second-order valence-corrected chi connectivity index (χ2v) is 7.35. The maximum Gasteiger partial charge on any atom is 0.274 e. The van der Waals surface area contributed by atoms with Gasteiger partial charge in [0, 0.05) is 44.2 Å². The van der Waals surface area contributed by atoms with E-state index in [2.05, 4.69) is 25.5 Å². The van der Waals surface area contributed by atoms with Crippen molar-refractivity contribution in [1.29, 1.82) is 0 Å². The second kappa shape index (κ2) is 7.76. The highest BCUT2D eigenvalue weighted by atomic mass is 16.5. The molecule has 0 radical (unpaired) electrons. The van der Waals surface area contributed by atoms with E-state index in [9.17, 15) is 9.59 Å². The first kappa shape index (κ1) is 19.7. The summed E-state index contributed by atoms with van der Waals surface area (Å²) in [5.74, 6) is 0.292. The molecule has 0 aliphatic carbocycles. The summed E-state index contributed by atoms with van der Waals surface area (Å²) in [4.78, 5) is 36.2. The molecule has 1 saturated heterocycles. The average Bonchev–Trinajstić information content (AvgIpc) is 3.35. The van der Waals surface area contributed by atoms with Crippen LogP contribution in [0.4, 0.5) is 5.69 Å². The van der Waals surface area contributed by atoms with Crippen molar-refractivity contribution < 1.29 is 14.3 Å². The van der Waals surface area contributed by atoms with Crippen molar-refractivity contribution in [2.75, 3.05) is 25.5 Å². The van der Waals surface area contributed by atoms with Crippen molar-refractivity contribution in [3.63, 3.8) is 0 Å². The second-order valence-electron chi connectivity index (χ2n) is 7.35. The van der Waals surface area contributed by atoms with Gasteiger partial charge in [0.2, 0.25) is 11.7 Å². The number of fused-ring (bicyclic) bond motifs is 1. The maximum atomic E-state index is 13.0. The van der Waals surface area contributed by atoms with Gasteiger partial charge in [-0.05, 0) is 18.6 Å². The zero-order chi connectivity index (χ0) is 22.2. The summed E-state index contributed by atoms with van der Waals surface area (Å²) >= 11 is 0. The van der Waals surface area contributed by atoms with Crippen molar-refractivity contribution in [2.45, 2.75) is 6.42 Å². The molecule has 1 aliphatic heterocycles. The van der Waals surface area contributed by atoms with Crippen molar-refractivity contribution in [3.05, 3.63) is 54.0 Å². The molecule has 5 heterocycles. The van der Waals surface area contributed by atoms with Crippen molar-refractivity contribution in [2.24, 2.45) is 7.05 Å². The van der Waals surface area contributed by atoms with Crippen LogP contribution < -0.4 is 10.1 Å². The van der Waals surface area contributed by atoms with Gasteiger partial charge in [-0.1, -0.05) is 6.07 Å². The Morgan fingerprint density at radius 1 is 1.16 bits per heavy atom. The Bertz CT molecular complexity index is 1340. The number of nitrogens with zero attached hydrogens (tertiary/aromatic N) is 7. The van der Waals surface area contributed by atoms with Gasteiger partial charge in [0.15, 0.2) is 5.65 Å². The quantitative estimate of drug-likeness (QED) is 0.509. The van der Waals surface area contributed by atoms with Crippen LogP contribution >= 0.6 is 0 Å². The van der Waals surface area contributed by atoms with Gasteiger partial charge in [-0.15, -0.1) is 5.10 Å². The van der Waals surface area contributed by atoms with Crippen LogP contribution in [0.25, 0.3) is 17.2 Å². The van der Waals surface area contributed by atoms with E-state index in [1.165, 1.54) is 10.9 Å². The molecule has 11 heteroatoms. The molecule has 0 spiro atoms. The van der Waals surface area contributed by atoms with Gasteiger partial charge in [-0.3, -0.25) is 14.3 Å². The Balaban J connectivity index is 1.41. The number of aromatic nitrogens is 6. The molecule has 0 bridgehead atoms. The molecule has 32 heavy (non-hydrogen) atoms. The van der Waals surface area contributed by atoms with E-state index in [-0.39, 0.29) is 11.6 Å². The Labute approximate surface area is 182 Å². The number of nitrogens with one attached hydrogen (secondary N) is 1. The lowest BCUT2D eigenvalue weighted by atomic mass is 10.1. The number of ether oxygens (including phenoxy) is 1. The van der Waals surface area contributed by atoms with Gasteiger partial charge >= 0.3 is 0 Å². The lowest BCUT2D eigenvalue weighted by molar-refractivity contribution is 0.0648. The molecule has 0 saturated carbocycles. The van der Waals surface area contributed by atoms with Crippen LogP contribution in [0.2, 0.25) is 0 Å². The van der Waals surface area contributed by atoms with Gasteiger partial charge in [0.05, 0.1) is 18.9 Å². The highest BCUT2D eigenvalue weighted by molar-refractivity contribution is 6.11. The summed E-state index contributed by atoms with van der Waals surface area (Å²) in [5, 5.41) is 11.4. The molecule has 1 fully saturated rings. The van der Waals surface area contributed by atoms with Crippen LogP contribution in [0.5, 0.6) is 5.88 Å². The summed E-state index contributed by atoms with van der Waals surface area (Å²) in [7, 11) is 3.18. The number of likely N-dealkylation sites (tertiary alicyclic amines) is 1. The van der Waals surface area contributed by atoms with E-state index >= 15 is 0 Å². The monoisotopic (exact) mass is 432 g/mol. The number of hydrogen-bond acceptors (Lipinski definition) is 7. The number of amides is 2. The number of methoxy groups -OCH3 is 1. The fourth-order valence-electron chi connectivity index (χ4n) is 3.46. The highest BCUT2D eigenvalue weighted by Crippen LogP contribution is 2.20. The van der Waals surface area contributed by atoms with Gasteiger partial charge in [-0.25, -0.2) is 14.5 Å². The molecule has 11 nitrogen and oxygen atoms in total. The minimum Gasteiger partial charge on any atom is -0.481 e. The molecular formula is C21H20N8O3. The lowest BCUT2D eigenvalue weighted by Gasteiger charge is -2.30. The Hall–Kier alpha value is -4.28. The molecule has 162 valence electrons. The predicted molar refractivity (Wildman–Crippen MR) is 114 cm³/mol. The summed E-state index contributed by atoms with van der Waals surface area (Å²) in [6, 6.07) is 8.74. The van der Waals surface area contributed by atoms with E-state index in [1.807, 2.05) is 6.07 Å². The fraction of sp³-hybridized carbons (Fsp3) is 0.238. The number of pyridine rings is 2. The van der Waals surface area contributed by atoms with Crippen LogP contribution in [0, 0.1) is 0 Å². The summed E-state index contributed by atoms with van der Waals surface area (Å²) < 4.78 is 8.15. The number of hydrogen-bond donors (Lipinski definition) is 1. The van der Waals surface area contributed by atoms with E-state index in [1.54, 1.807) is 54.0 Å². The van der Waals surface area contributed by atoms with Crippen LogP contribution in [-0.4, -0.2) is 66.3 Å². The number of rotatable bonds is 5. The third kappa shape index (κ3) is 3.43. The van der Waals surface area contributed by atoms with Crippen molar-refractivity contribution in [3.8, 4) is 17.4 Å². The number of aryl methyl sites for hydroxylation is 1. The third-order valence-corrected chi connectivity index (χ3v) is 5.28. The first-order chi connectivity index (χ1) is 15.5. The highest BCUT2D eigenvalue weighted by Gasteiger charge is 2.28. The molecule has 4 aromatic heterocycles. The largest absolute Gasteiger partial charge is 0.481 e. The number of carbonyl (C=O) groups is 2. The molecule has 4 aromatic rings. The minimum absolute atomic E-state index is 0.183. The first-order valence-electron chi connectivity index (χ1n) is 10.0. The van der Waals surface area contributed by atoms with E-state index < -0.39 is 5.91 Å². The molecule has 0 aromatic carbocycles. The number of carbonyl (C=O) groups excluding carboxylic acids is 2. The van der Waals surface area contributed by atoms with Crippen LogP contribution in [0.15, 0.2) is 42.7 Å². The fourth-order valence-corrected chi connectivity index (χ4v) is 3.46. The molecule has 2 amide bonds. The SMILES string of the molecule is COc1cccc(-c2nc3cc(NC(=O)c4c(C(=O)N5CCC5)cnn4C)ccn3n2)n1. The predicted octanol–water partition coefficient (Wildman–Crippen LogP) is 1.63. The van der Waals surface area contributed by atoms with Crippen LogP contribution in [-0.2, 0) is 7.05 Å². The van der Waals surface area contributed by atoms with Gasteiger partial charge in [-0.2, -0.15) is 5.10 Å². The Morgan fingerprint density at radius 2 is 2.00 bits per heavy atom. The maximum absolute atomic E-state index is 13.0. The van der Waals surface area contributed by atoms with Gasteiger partial charge < -0.3 is 15.0 Å². The van der Waals surface area contributed by atoms with Gasteiger partial charge in [0.1, 0.15) is 11.4 Å². The average molecular weight is 432 g/mol.